The van der Waals surface area contributed by atoms with E-state index in [9.17, 15) is 0 Å². The largest absolute Gasteiger partial charge is 0.497 e. The quantitative estimate of drug-likeness (QED) is 0.571. The minimum Gasteiger partial charge on any atom is -0.497 e. The van der Waals surface area contributed by atoms with Gasteiger partial charge >= 0.3 is 0 Å². The van der Waals surface area contributed by atoms with Gasteiger partial charge in [-0.15, -0.1) is 0 Å². The highest BCUT2D eigenvalue weighted by Crippen LogP contribution is 2.29. The molecule has 7 nitrogen and oxygen atoms in total. The molecular weight excluding hydrogens is 344 g/mol. The molecule has 2 aromatic rings. The summed E-state index contributed by atoms with van der Waals surface area (Å²) in [7, 11) is 5.07. The number of aliphatic imine (C=N–C) groups is 1. The van der Waals surface area contributed by atoms with Crippen molar-refractivity contribution in [1.29, 1.82) is 0 Å². The lowest BCUT2D eigenvalue weighted by Gasteiger charge is -2.22. The molecule has 2 rings (SSSR count). The van der Waals surface area contributed by atoms with Crippen molar-refractivity contribution in [3.05, 3.63) is 40.8 Å². The Labute approximate surface area is 161 Å². The predicted molar refractivity (Wildman–Crippen MR) is 107 cm³/mol. The Morgan fingerprint density at radius 2 is 1.96 bits per heavy atom. The van der Waals surface area contributed by atoms with Gasteiger partial charge in [-0.2, -0.15) is 0 Å². The molecule has 0 aliphatic heterocycles. The van der Waals surface area contributed by atoms with Crippen LogP contribution in [0.2, 0.25) is 0 Å². The van der Waals surface area contributed by atoms with Crippen molar-refractivity contribution in [1.82, 2.24) is 15.8 Å². The van der Waals surface area contributed by atoms with Crippen LogP contribution in [0.3, 0.4) is 0 Å². The molecule has 0 saturated carbocycles. The Morgan fingerprint density at radius 3 is 2.52 bits per heavy atom. The topological polar surface area (TPSA) is 80.9 Å². The van der Waals surface area contributed by atoms with Gasteiger partial charge in [0.2, 0.25) is 0 Å². The summed E-state index contributed by atoms with van der Waals surface area (Å²) in [5.74, 6) is 3.41. The van der Waals surface area contributed by atoms with Gasteiger partial charge < -0.3 is 24.6 Å². The van der Waals surface area contributed by atoms with Crippen LogP contribution in [0, 0.1) is 13.8 Å². The van der Waals surface area contributed by atoms with Crippen LogP contribution >= 0.6 is 0 Å². The van der Waals surface area contributed by atoms with Crippen molar-refractivity contribution in [2.45, 2.75) is 39.7 Å². The number of aryl methyl sites for hydroxylation is 2. The Morgan fingerprint density at radius 1 is 1.22 bits per heavy atom. The van der Waals surface area contributed by atoms with E-state index in [4.69, 9.17) is 14.0 Å². The van der Waals surface area contributed by atoms with Crippen LogP contribution in [0.5, 0.6) is 11.5 Å². The Hall–Kier alpha value is -2.70. The minimum atomic E-state index is -0.0179. The maximum Gasteiger partial charge on any atom is 0.191 e. The second kappa shape index (κ2) is 9.30. The number of ether oxygens (including phenoxy) is 2. The molecule has 27 heavy (non-hydrogen) atoms. The first kappa shape index (κ1) is 20.6. The second-order valence-electron chi connectivity index (χ2n) is 6.57. The van der Waals surface area contributed by atoms with Crippen LogP contribution in [0.4, 0.5) is 0 Å². The molecule has 2 N–H and O–H groups in total. The second-order valence-corrected chi connectivity index (χ2v) is 6.57. The smallest absolute Gasteiger partial charge is 0.191 e. The summed E-state index contributed by atoms with van der Waals surface area (Å²) >= 11 is 0. The molecule has 2 unspecified atom stereocenters. The van der Waals surface area contributed by atoms with Crippen molar-refractivity contribution in [2.24, 2.45) is 4.99 Å². The lowest BCUT2D eigenvalue weighted by molar-refractivity contribution is 0.391. The molecule has 2 atom stereocenters. The molecule has 0 amide bonds. The zero-order valence-electron chi connectivity index (χ0n) is 17.2. The Kier molecular flexibility index (Phi) is 7.10. The van der Waals surface area contributed by atoms with Gasteiger partial charge in [-0.05, 0) is 39.0 Å². The van der Waals surface area contributed by atoms with Gasteiger partial charge in [0.25, 0.3) is 0 Å². The molecule has 0 fully saturated rings. The molecule has 1 aromatic heterocycles. The molecule has 148 valence electrons. The fourth-order valence-corrected chi connectivity index (χ4v) is 3.20. The highest BCUT2D eigenvalue weighted by atomic mass is 16.5. The highest BCUT2D eigenvalue weighted by Gasteiger charge is 2.18. The molecule has 1 aromatic carbocycles. The van der Waals surface area contributed by atoms with Crippen molar-refractivity contribution >= 4 is 5.96 Å². The molecular formula is C20H30N4O3. The van der Waals surface area contributed by atoms with Crippen LogP contribution in [0.1, 0.15) is 48.4 Å². The summed E-state index contributed by atoms with van der Waals surface area (Å²) in [5.41, 5.74) is 3.07. The van der Waals surface area contributed by atoms with E-state index in [1.807, 2.05) is 32.0 Å². The number of hydrogen-bond acceptors (Lipinski definition) is 5. The summed E-state index contributed by atoms with van der Waals surface area (Å²) in [6.07, 6.45) is 0. The van der Waals surface area contributed by atoms with E-state index in [0.717, 1.165) is 34.1 Å². The Balaban J connectivity index is 2.05. The number of hydrogen-bond donors (Lipinski definition) is 2. The minimum absolute atomic E-state index is 0.0179. The maximum atomic E-state index is 5.48. The van der Waals surface area contributed by atoms with Crippen LogP contribution in [0.25, 0.3) is 0 Å². The van der Waals surface area contributed by atoms with Gasteiger partial charge in [0.1, 0.15) is 17.3 Å². The van der Waals surface area contributed by atoms with Gasteiger partial charge in [-0.25, -0.2) is 0 Å². The first-order valence-electron chi connectivity index (χ1n) is 9.03. The summed E-state index contributed by atoms with van der Waals surface area (Å²) in [6, 6.07) is 5.74. The summed E-state index contributed by atoms with van der Waals surface area (Å²) in [5, 5.41) is 10.8. The molecule has 0 saturated heterocycles. The van der Waals surface area contributed by atoms with E-state index in [-0.39, 0.29) is 12.0 Å². The first-order chi connectivity index (χ1) is 12.9. The van der Waals surface area contributed by atoms with Crippen molar-refractivity contribution < 1.29 is 14.0 Å². The van der Waals surface area contributed by atoms with E-state index in [1.165, 1.54) is 0 Å². The molecule has 0 radical (unpaired) electrons. The van der Waals surface area contributed by atoms with Crippen LogP contribution in [-0.4, -0.2) is 38.9 Å². The maximum absolute atomic E-state index is 5.48. The number of rotatable bonds is 7. The third kappa shape index (κ3) is 4.93. The highest BCUT2D eigenvalue weighted by molar-refractivity contribution is 5.80. The molecule has 0 aliphatic rings. The van der Waals surface area contributed by atoms with Crippen LogP contribution < -0.4 is 20.1 Å². The van der Waals surface area contributed by atoms with Gasteiger partial charge in [0.15, 0.2) is 5.96 Å². The third-order valence-electron chi connectivity index (χ3n) is 4.64. The number of benzene rings is 1. The van der Waals surface area contributed by atoms with E-state index in [2.05, 4.69) is 34.6 Å². The summed E-state index contributed by atoms with van der Waals surface area (Å²) in [4.78, 5) is 4.33. The lowest BCUT2D eigenvalue weighted by Crippen LogP contribution is -2.40. The summed E-state index contributed by atoms with van der Waals surface area (Å²) < 4.78 is 16.1. The molecule has 7 heteroatoms. The number of guanidine groups is 1. The van der Waals surface area contributed by atoms with Gasteiger partial charge in [-0.1, -0.05) is 12.1 Å². The number of nitrogens with zero attached hydrogens (tertiary/aromatic N) is 2. The average molecular weight is 374 g/mol. The van der Waals surface area contributed by atoms with E-state index >= 15 is 0 Å². The Bertz CT molecular complexity index is 766. The van der Waals surface area contributed by atoms with Crippen LogP contribution in [-0.2, 0) is 0 Å². The molecule has 0 aliphatic carbocycles. The van der Waals surface area contributed by atoms with Gasteiger partial charge in [-0.3, -0.25) is 4.99 Å². The van der Waals surface area contributed by atoms with Crippen LogP contribution in [0.15, 0.2) is 27.7 Å². The molecule has 0 bridgehead atoms. The molecule has 1 heterocycles. The molecule has 0 spiro atoms. The standard InChI is InChI=1S/C20H30N4O3/c1-12(19-14(3)24-27-15(19)4)11-22-20(21-5)23-13(2)17-10-16(25-6)8-9-18(17)26-7/h8-10,12-13H,11H2,1-7H3,(H2,21,22,23). The zero-order valence-corrected chi connectivity index (χ0v) is 17.2. The fourth-order valence-electron chi connectivity index (χ4n) is 3.20. The number of methoxy groups -OCH3 is 2. The normalized spacial score (nSPS) is 13.8. The van der Waals surface area contributed by atoms with Gasteiger partial charge in [0, 0.05) is 30.6 Å². The predicted octanol–water partition coefficient (Wildman–Crippen LogP) is 3.34. The lowest BCUT2D eigenvalue weighted by atomic mass is 10.00. The number of nitrogens with one attached hydrogen (secondary N) is 2. The van der Waals surface area contributed by atoms with E-state index in [0.29, 0.717) is 12.5 Å². The van der Waals surface area contributed by atoms with Gasteiger partial charge in [0.05, 0.1) is 26.0 Å². The third-order valence-corrected chi connectivity index (χ3v) is 4.64. The van der Waals surface area contributed by atoms with Crippen molar-refractivity contribution in [3.63, 3.8) is 0 Å². The van der Waals surface area contributed by atoms with E-state index < -0.39 is 0 Å². The number of aromatic nitrogens is 1. The SMILES string of the molecule is CN=C(NCC(C)c1c(C)noc1C)NC(C)c1cc(OC)ccc1OC. The first-order valence-corrected chi connectivity index (χ1v) is 9.03. The summed E-state index contributed by atoms with van der Waals surface area (Å²) in [6.45, 7) is 8.82. The average Bonchev–Trinajstić information content (AvgIpc) is 3.02. The van der Waals surface area contributed by atoms with E-state index in [1.54, 1.807) is 21.3 Å². The fraction of sp³-hybridized carbons (Fsp3) is 0.500. The van der Waals surface area contributed by atoms with Crippen molar-refractivity contribution in [3.8, 4) is 11.5 Å². The zero-order chi connectivity index (χ0) is 20.0. The monoisotopic (exact) mass is 374 g/mol. The van der Waals surface area contributed by atoms with Crippen molar-refractivity contribution in [2.75, 3.05) is 27.8 Å².